The van der Waals surface area contributed by atoms with Crippen molar-refractivity contribution in [1.29, 1.82) is 0 Å². The van der Waals surface area contributed by atoms with Gasteiger partial charge in [0.2, 0.25) is 5.56 Å². The second-order valence-electron chi connectivity index (χ2n) is 8.00. The highest BCUT2D eigenvalue weighted by molar-refractivity contribution is 6.06. The van der Waals surface area contributed by atoms with Crippen LogP contribution in [0.2, 0.25) is 0 Å². The molecule has 0 saturated carbocycles. The lowest BCUT2D eigenvalue weighted by Gasteiger charge is -2.24. The fourth-order valence-electron chi connectivity index (χ4n) is 3.01. The summed E-state index contributed by atoms with van der Waals surface area (Å²) in [6.07, 6.45) is -0.678. The van der Waals surface area contributed by atoms with Crippen LogP contribution in [0.3, 0.4) is 0 Å². The van der Waals surface area contributed by atoms with Crippen molar-refractivity contribution in [2.75, 3.05) is 5.32 Å². The third-order valence-corrected chi connectivity index (χ3v) is 5.51. The zero-order chi connectivity index (χ0) is 23.2. The van der Waals surface area contributed by atoms with Crippen molar-refractivity contribution in [2.45, 2.75) is 59.2 Å². The maximum absolute atomic E-state index is 13.2. The fourth-order valence-corrected chi connectivity index (χ4v) is 3.01. The number of amides is 1. The third-order valence-electron chi connectivity index (χ3n) is 5.51. The number of hydrogen-bond acceptors (Lipinski definition) is 3. The van der Waals surface area contributed by atoms with E-state index in [1.54, 1.807) is 6.92 Å². The molecule has 2 rings (SSSR count). The van der Waals surface area contributed by atoms with Crippen LogP contribution in [0, 0.1) is 11.8 Å². The van der Waals surface area contributed by atoms with Gasteiger partial charge in [0.25, 0.3) is 5.91 Å². The molecular weight excluding hydrogens is 409 g/mol. The lowest BCUT2D eigenvalue weighted by Crippen LogP contribution is -2.24. The van der Waals surface area contributed by atoms with Gasteiger partial charge in [-0.25, -0.2) is 0 Å². The molecule has 0 fully saturated rings. The molecule has 1 aromatic carbocycles. The Labute approximate surface area is 180 Å². The lowest BCUT2D eigenvalue weighted by molar-refractivity contribution is -0.137. The number of nitrogens with one attached hydrogen (secondary N) is 2. The minimum atomic E-state index is -4.56. The Balaban J connectivity index is 2.27. The van der Waals surface area contributed by atoms with Gasteiger partial charge in [-0.2, -0.15) is 13.2 Å². The minimum absolute atomic E-state index is 0.0331. The van der Waals surface area contributed by atoms with E-state index >= 15 is 0 Å². The molecule has 170 valence electrons. The smallest absolute Gasteiger partial charge is 0.416 e. The van der Waals surface area contributed by atoms with Gasteiger partial charge in [-0.15, -0.1) is 0 Å². The summed E-state index contributed by atoms with van der Waals surface area (Å²) in [5, 5.41) is 2.53. The van der Waals surface area contributed by atoms with Crippen LogP contribution in [0.15, 0.2) is 41.3 Å². The van der Waals surface area contributed by atoms with Crippen LogP contribution in [0.4, 0.5) is 18.9 Å². The quantitative estimate of drug-likeness (QED) is 0.514. The van der Waals surface area contributed by atoms with Crippen molar-refractivity contribution >= 4 is 11.6 Å². The number of ether oxygens (including phenoxy) is 1. The molecule has 5 nitrogen and oxygen atoms in total. The summed E-state index contributed by atoms with van der Waals surface area (Å²) in [5.41, 5.74) is -1.11. The summed E-state index contributed by atoms with van der Waals surface area (Å²) >= 11 is 0. The van der Waals surface area contributed by atoms with Gasteiger partial charge in [0, 0.05) is 18.0 Å². The Morgan fingerprint density at radius 1 is 1.13 bits per heavy atom. The first kappa shape index (κ1) is 24.5. The van der Waals surface area contributed by atoms with Gasteiger partial charge in [-0.1, -0.05) is 33.6 Å². The van der Waals surface area contributed by atoms with Crippen LogP contribution in [-0.2, 0) is 6.18 Å². The van der Waals surface area contributed by atoms with Crippen LogP contribution < -0.4 is 15.6 Å². The maximum atomic E-state index is 13.2. The van der Waals surface area contributed by atoms with E-state index in [1.165, 1.54) is 18.3 Å². The van der Waals surface area contributed by atoms with Crippen molar-refractivity contribution < 1.29 is 22.7 Å². The number of hydrogen-bond donors (Lipinski definition) is 2. The van der Waals surface area contributed by atoms with Crippen molar-refractivity contribution in [3.63, 3.8) is 0 Å². The molecule has 0 radical (unpaired) electrons. The Morgan fingerprint density at radius 2 is 1.84 bits per heavy atom. The molecule has 1 heterocycles. The van der Waals surface area contributed by atoms with Gasteiger partial charge in [0.05, 0.1) is 17.2 Å². The molecule has 0 spiro atoms. The summed E-state index contributed by atoms with van der Waals surface area (Å²) in [6, 6.07) is 5.45. The Bertz CT molecular complexity index is 940. The monoisotopic (exact) mass is 438 g/mol. The number of alkyl halides is 3. The summed E-state index contributed by atoms with van der Waals surface area (Å²) in [4.78, 5) is 26.6. The van der Waals surface area contributed by atoms with E-state index in [1.807, 2.05) is 6.92 Å². The van der Waals surface area contributed by atoms with Crippen molar-refractivity contribution in [1.82, 2.24) is 4.98 Å². The molecule has 2 N–H and O–H groups in total. The Morgan fingerprint density at radius 3 is 2.45 bits per heavy atom. The highest BCUT2D eigenvalue weighted by atomic mass is 19.4. The molecule has 0 bridgehead atoms. The SMILES string of the molecule is CC[C@@H](C)CCC(C)[C@@H](C)Oc1cc(C(F)(F)F)ccc1C(=O)Nc1cc[nH]c(=O)c1. The minimum Gasteiger partial charge on any atom is -0.490 e. The van der Waals surface area contributed by atoms with Crippen molar-refractivity contribution in [3.05, 3.63) is 58.0 Å². The maximum Gasteiger partial charge on any atom is 0.416 e. The number of anilines is 1. The summed E-state index contributed by atoms with van der Waals surface area (Å²) in [6.45, 7) is 8.04. The molecular formula is C23H29F3N2O3. The molecule has 31 heavy (non-hydrogen) atoms. The fraction of sp³-hybridized carbons (Fsp3) is 0.478. The predicted octanol–water partition coefficient (Wildman–Crippen LogP) is 5.88. The topological polar surface area (TPSA) is 71.2 Å². The predicted molar refractivity (Wildman–Crippen MR) is 114 cm³/mol. The number of benzene rings is 1. The number of halogens is 3. The van der Waals surface area contributed by atoms with E-state index in [-0.39, 0.29) is 22.9 Å². The lowest BCUT2D eigenvalue weighted by atomic mass is 9.93. The van der Waals surface area contributed by atoms with Gasteiger partial charge >= 0.3 is 6.18 Å². The average Bonchev–Trinajstić information content (AvgIpc) is 2.70. The molecule has 0 aliphatic rings. The number of carbonyl (C=O) groups is 1. The normalized spacial score (nSPS) is 14.5. The number of pyridine rings is 1. The first-order chi connectivity index (χ1) is 14.5. The van der Waals surface area contributed by atoms with Gasteiger partial charge in [0.15, 0.2) is 0 Å². The van der Waals surface area contributed by atoms with Crippen LogP contribution in [0.5, 0.6) is 5.75 Å². The van der Waals surface area contributed by atoms with Crippen LogP contribution in [-0.4, -0.2) is 17.0 Å². The van der Waals surface area contributed by atoms with E-state index in [0.29, 0.717) is 5.92 Å². The van der Waals surface area contributed by atoms with Crippen molar-refractivity contribution in [2.24, 2.45) is 11.8 Å². The molecule has 3 atom stereocenters. The summed E-state index contributed by atoms with van der Waals surface area (Å²) in [7, 11) is 0. The molecule has 1 aromatic heterocycles. The Kier molecular flexibility index (Phi) is 8.30. The van der Waals surface area contributed by atoms with Gasteiger partial charge in [-0.3, -0.25) is 9.59 Å². The van der Waals surface area contributed by atoms with Crippen LogP contribution >= 0.6 is 0 Å². The van der Waals surface area contributed by atoms with Crippen LogP contribution in [0.1, 0.15) is 62.9 Å². The second-order valence-corrected chi connectivity index (χ2v) is 8.00. The largest absolute Gasteiger partial charge is 0.490 e. The van der Waals surface area contributed by atoms with Crippen molar-refractivity contribution in [3.8, 4) is 5.75 Å². The highest BCUT2D eigenvalue weighted by Gasteiger charge is 2.32. The number of H-pyrrole nitrogens is 1. The van der Waals surface area contributed by atoms with Gasteiger partial charge in [-0.05, 0) is 49.4 Å². The number of carbonyl (C=O) groups excluding carboxylic acids is 1. The molecule has 0 aliphatic heterocycles. The van der Waals surface area contributed by atoms with Gasteiger partial charge in [0.1, 0.15) is 5.75 Å². The molecule has 2 aromatic rings. The van der Waals surface area contributed by atoms with Crippen LogP contribution in [0.25, 0.3) is 0 Å². The molecule has 0 aliphatic carbocycles. The summed E-state index contributed by atoms with van der Waals surface area (Å²) in [5.74, 6) is -0.153. The zero-order valence-corrected chi connectivity index (χ0v) is 18.2. The first-order valence-corrected chi connectivity index (χ1v) is 10.4. The number of rotatable bonds is 9. The van der Waals surface area contributed by atoms with E-state index in [0.717, 1.165) is 37.5 Å². The molecule has 1 unspecified atom stereocenters. The molecule has 0 saturated heterocycles. The Hall–Kier alpha value is -2.77. The zero-order valence-electron chi connectivity index (χ0n) is 18.2. The van der Waals surface area contributed by atoms with E-state index in [2.05, 4.69) is 24.1 Å². The number of aromatic amines is 1. The first-order valence-electron chi connectivity index (χ1n) is 10.4. The summed E-state index contributed by atoms with van der Waals surface area (Å²) < 4.78 is 45.6. The number of aromatic nitrogens is 1. The van der Waals surface area contributed by atoms with E-state index in [9.17, 15) is 22.8 Å². The van der Waals surface area contributed by atoms with E-state index < -0.39 is 29.3 Å². The molecule has 8 heteroatoms. The van der Waals surface area contributed by atoms with E-state index in [4.69, 9.17) is 4.74 Å². The third kappa shape index (κ3) is 7.15. The van der Waals surface area contributed by atoms with Gasteiger partial charge < -0.3 is 15.0 Å². The standard InChI is InChI=1S/C23H29F3N2O3/c1-5-14(2)6-7-15(3)16(4)31-20-12-17(23(24,25)26)8-9-19(20)22(30)28-18-10-11-27-21(29)13-18/h8-16H,5-7H2,1-4H3,(H2,27,28,29,30)/t14-,15?,16-/m1/s1. The average molecular weight is 438 g/mol. The second kappa shape index (κ2) is 10.5. The highest BCUT2D eigenvalue weighted by Crippen LogP contribution is 2.34. The molecule has 1 amide bonds.